The van der Waals surface area contributed by atoms with Crippen LogP contribution in [0.5, 0.6) is 5.75 Å². The van der Waals surface area contributed by atoms with Crippen molar-refractivity contribution in [3.05, 3.63) is 92.5 Å². The van der Waals surface area contributed by atoms with Crippen molar-refractivity contribution in [2.75, 3.05) is 5.32 Å². The third-order valence-electron chi connectivity index (χ3n) is 4.66. The SMILES string of the molecule is Cc1cc(C(=O)Oc2ccc(Cl)cc2NC2=NS(=O)(=O)c3ccccc32)ccc1[N+](=O)[O-]. The number of aryl methyl sites for hydroxylation is 1. The van der Waals surface area contributed by atoms with Crippen molar-refractivity contribution >= 4 is 44.8 Å². The van der Waals surface area contributed by atoms with E-state index < -0.39 is 20.9 Å². The minimum atomic E-state index is -3.85. The van der Waals surface area contributed by atoms with Crippen LogP contribution in [0.1, 0.15) is 21.5 Å². The molecule has 9 nitrogen and oxygen atoms in total. The number of esters is 1. The maximum Gasteiger partial charge on any atom is 0.343 e. The number of rotatable bonds is 4. The van der Waals surface area contributed by atoms with E-state index in [0.29, 0.717) is 16.1 Å². The van der Waals surface area contributed by atoms with Gasteiger partial charge in [0.2, 0.25) is 0 Å². The largest absolute Gasteiger partial charge is 0.421 e. The Morgan fingerprint density at radius 2 is 1.88 bits per heavy atom. The Labute approximate surface area is 187 Å². The summed E-state index contributed by atoms with van der Waals surface area (Å²) in [6.45, 7) is 1.51. The summed E-state index contributed by atoms with van der Waals surface area (Å²) in [4.78, 5) is 23.1. The van der Waals surface area contributed by atoms with Crippen LogP contribution in [0.15, 0.2) is 70.0 Å². The van der Waals surface area contributed by atoms with Crippen LogP contribution in [0.3, 0.4) is 0 Å². The van der Waals surface area contributed by atoms with Crippen LogP contribution in [0.2, 0.25) is 5.02 Å². The van der Waals surface area contributed by atoms with Gasteiger partial charge < -0.3 is 10.1 Å². The molecule has 0 saturated carbocycles. The van der Waals surface area contributed by atoms with Crippen molar-refractivity contribution in [1.82, 2.24) is 0 Å². The van der Waals surface area contributed by atoms with Crippen LogP contribution < -0.4 is 10.1 Å². The van der Waals surface area contributed by atoms with Gasteiger partial charge in [0, 0.05) is 22.2 Å². The van der Waals surface area contributed by atoms with E-state index in [1.54, 1.807) is 18.2 Å². The van der Waals surface area contributed by atoms with Crippen LogP contribution in [-0.4, -0.2) is 25.1 Å². The zero-order valence-corrected chi connectivity index (χ0v) is 18.0. The second-order valence-corrected chi connectivity index (χ2v) is 8.83. The number of nitrogens with one attached hydrogen (secondary N) is 1. The van der Waals surface area contributed by atoms with Gasteiger partial charge in [0.1, 0.15) is 4.90 Å². The number of nitro groups is 1. The standard InChI is InChI=1S/C21H14ClN3O6S/c1-12-10-13(6-8-17(12)25(27)28)21(26)31-18-9-7-14(22)11-16(18)23-20-15-4-2-3-5-19(15)32(29,30)24-20/h2-11H,1H3,(H,23,24). The van der Waals surface area contributed by atoms with Crippen molar-refractivity contribution in [1.29, 1.82) is 0 Å². The highest BCUT2D eigenvalue weighted by molar-refractivity contribution is 7.90. The third-order valence-corrected chi connectivity index (χ3v) is 6.23. The molecule has 0 bridgehead atoms. The fourth-order valence-corrected chi connectivity index (χ4v) is 4.51. The lowest BCUT2D eigenvalue weighted by atomic mass is 10.1. The molecule has 0 aliphatic carbocycles. The van der Waals surface area contributed by atoms with Crippen LogP contribution in [-0.2, 0) is 10.0 Å². The number of fused-ring (bicyclic) bond motifs is 1. The van der Waals surface area contributed by atoms with Crippen molar-refractivity contribution < 1.29 is 22.9 Å². The van der Waals surface area contributed by atoms with Crippen molar-refractivity contribution in [3.63, 3.8) is 0 Å². The number of nitrogens with zero attached hydrogens (tertiary/aromatic N) is 2. The number of nitro benzene ring substituents is 1. The lowest BCUT2D eigenvalue weighted by Gasteiger charge is -2.13. The Bertz CT molecular complexity index is 1420. The predicted octanol–water partition coefficient (Wildman–Crippen LogP) is 4.34. The van der Waals surface area contributed by atoms with Gasteiger partial charge in [-0.2, -0.15) is 8.42 Å². The zero-order chi connectivity index (χ0) is 23.0. The Balaban J connectivity index is 1.65. The number of hydrogen-bond donors (Lipinski definition) is 1. The van der Waals surface area contributed by atoms with E-state index in [0.717, 1.165) is 0 Å². The van der Waals surface area contributed by atoms with Gasteiger partial charge in [-0.15, -0.1) is 4.40 Å². The quantitative estimate of drug-likeness (QED) is 0.259. The smallest absolute Gasteiger partial charge is 0.343 e. The Kier molecular flexibility index (Phi) is 5.41. The normalized spacial score (nSPS) is 13.8. The highest BCUT2D eigenvalue weighted by Crippen LogP contribution is 2.32. The van der Waals surface area contributed by atoms with Crippen LogP contribution >= 0.6 is 11.6 Å². The zero-order valence-electron chi connectivity index (χ0n) is 16.4. The molecule has 4 rings (SSSR count). The lowest BCUT2D eigenvalue weighted by molar-refractivity contribution is -0.385. The number of carbonyl (C=O) groups is 1. The summed E-state index contributed by atoms with van der Waals surface area (Å²) >= 11 is 6.08. The maximum atomic E-state index is 12.6. The fraction of sp³-hybridized carbons (Fsp3) is 0.0476. The van der Waals surface area contributed by atoms with E-state index >= 15 is 0 Å². The van der Waals surface area contributed by atoms with E-state index in [1.807, 2.05) is 0 Å². The Morgan fingerprint density at radius 1 is 1.12 bits per heavy atom. The van der Waals surface area contributed by atoms with E-state index in [2.05, 4.69) is 9.71 Å². The molecule has 0 saturated heterocycles. The number of sulfonamides is 1. The predicted molar refractivity (Wildman–Crippen MR) is 118 cm³/mol. The lowest BCUT2D eigenvalue weighted by Crippen LogP contribution is -2.15. The Hall–Kier alpha value is -3.76. The molecule has 0 aromatic heterocycles. The van der Waals surface area contributed by atoms with E-state index in [4.69, 9.17) is 16.3 Å². The van der Waals surface area contributed by atoms with Crippen molar-refractivity contribution in [3.8, 4) is 5.75 Å². The summed E-state index contributed by atoms with van der Waals surface area (Å²) < 4.78 is 33.8. The van der Waals surface area contributed by atoms with Gasteiger partial charge in [0.25, 0.3) is 15.7 Å². The molecule has 1 aliphatic rings. The molecule has 162 valence electrons. The second-order valence-electron chi connectivity index (χ2n) is 6.82. The maximum absolute atomic E-state index is 12.6. The highest BCUT2D eigenvalue weighted by Gasteiger charge is 2.29. The first kappa shape index (κ1) is 21.5. The number of anilines is 1. The Morgan fingerprint density at radius 3 is 2.59 bits per heavy atom. The topological polar surface area (TPSA) is 128 Å². The first-order valence-electron chi connectivity index (χ1n) is 9.14. The first-order chi connectivity index (χ1) is 15.2. The van der Waals surface area contributed by atoms with E-state index in [1.165, 1.54) is 49.4 Å². The summed E-state index contributed by atoms with van der Waals surface area (Å²) in [6, 6.07) is 14.6. The number of benzene rings is 3. The number of carbonyl (C=O) groups excluding carboxylic acids is 1. The summed E-state index contributed by atoms with van der Waals surface area (Å²) in [6.07, 6.45) is 0. The number of ether oxygens (including phenoxy) is 1. The van der Waals surface area contributed by atoms with Gasteiger partial charge in [-0.25, -0.2) is 4.79 Å². The molecule has 11 heteroatoms. The van der Waals surface area contributed by atoms with Gasteiger partial charge in [-0.3, -0.25) is 10.1 Å². The van der Waals surface area contributed by atoms with Gasteiger partial charge in [0.15, 0.2) is 11.6 Å². The van der Waals surface area contributed by atoms with Gasteiger partial charge in [0.05, 0.1) is 16.2 Å². The van der Waals surface area contributed by atoms with Crippen molar-refractivity contribution in [2.24, 2.45) is 4.40 Å². The van der Waals surface area contributed by atoms with Gasteiger partial charge >= 0.3 is 5.97 Å². The molecule has 1 N–H and O–H groups in total. The van der Waals surface area contributed by atoms with Crippen LogP contribution in [0.4, 0.5) is 11.4 Å². The molecule has 0 fully saturated rings. The summed E-state index contributed by atoms with van der Waals surface area (Å²) in [7, 11) is -3.85. The number of halogens is 1. The first-order valence-corrected chi connectivity index (χ1v) is 11.0. The van der Waals surface area contributed by atoms with Gasteiger partial charge in [-0.05, 0) is 49.4 Å². The average Bonchev–Trinajstić information content (AvgIpc) is 3.00. The molecule has 1 heterocycles. The van der Waals surface area contributed by atoms with E-state index in [9.17, 15) is 23.3 Å². The molecule has 0 unspecified atom stereocenters. The highest BCUT2D eigenvalue weighted by atomic mass is 35.5. The molecule has 1 aliphatic heterocycles. The molecule has 0 atom stereocenters. The molecule has 3 aromatic carbocycles. The molecule has 0 radical (unpaired) electrons. The number of hydrogen-bond acceptors (Lipinski definition) is 7. The van der Waals surface area contributed by atoms with Crippen LogP contribution in [0, 0.1) is 17.0 Å². The van der Waals surface area contributed by atoms with E-state index in [-0.39, 0.29) is 33.4 Å². The minimum Gasteiger partial charge on any atom is -0.421 e. The molecule has 3 aromatic rings. The van der Waals surface area contributed by atoms with Crippen molar-refractivity contribution in [2.45, 2.75) is 11.8 Å². The fourth-order valence-electron chi connectivity index (χ4n) is 3.16. The molecular formula is C21H14ClN3O6S. The number of amidine groups is 1. The average molecular weight is 472 g/mol. The third kappa shape index (κ3) is 4.05. The molecule has 0 spiro atoms. The monoisotopic (exact) mass is 471 g/mol. The second kappa shape index (κ2) is 8.06. The summed E-state index contributed by atoms with van der Waals surface area (Å²) in [5.74, 6) is -0.624. The van der Waals surface area contributed by atoms with Gasteiger partial charge in [-0.1, -0.05) is 23.7 Å². The molecular weight excluding hydrogens is 458 g/mol. The summed E-state index contributed by atoms with van der Waals surface area (Å²) in [5.41, 5.74) is 0.890. The minimum absolute atomic E-state index is 0.0597. The summed E-state index contributed by atoms with van der Waals surface area (Å²) in [5, 5.41) is 14.2. The molecule has 0 amide bonds. The van der Waals surface area contributed by atoms with Crippen LogP contribution in [0.25, 0.3) is 0 Å². The molecule has 32 heavy (non-hydrogen) atoms.